The number of carbonyl (C=O) groups excluding carboxylic acids is 2. The lowest BCUT2D eigenvalue weighted by atomic mass is 9.95. The SMILES string of the molecule is C[C@H](C(=O)NC1CCCCC1)N(Cc1ccc(Cl)cc1Cl)C(=O)COc1ccc(Br)cc1Cl. The molecule has 0 saturated heterocycles. The molecule has 1 atom stereocenters. The lowest BCUT2D eigenvalue weighted by Gasteiger charge is -2.31. The van der Waals surface area contributed by atoms with Gasteiger partial charge in [0.25, 0.3) is 5.91 Å². The number of benzene rings is 2. The second-order valence-corrected chi connectivity index (χ2v) is 10.3. The van der Waals surface area contributed by atoms with Gasteiger partial charge in [-0.15, -0.1) is 0 Å². The summed E-state index contributed by atoms with van der Waals surface area (Å²) in [6.07, 6.45) is 5.31. The maximum atomic E-state index is 13.2. The lowest BCUT2D eigenvalue weighted by molar-refractivity contribution is -0.142. The maximum Gasteiger partial charge on any atom is 0.261 e. The summed E-state index contributed by atoms with van der Waals surface area (Å²) >= 11 is 21.9. The molecule has 1 saturated carbocycles. The zero-order valence-corrected chi connectivity index (χ0v) is 22.1. The average molecular weight is 577 g/mol. The quantitative estimate of drug-likeness (QED) is 0.383. The van der Waals surface area contributed by atoms with Gasteiger partial charge < -0.3 is 15.0 Å². The Bertz CT molecular complexity index is 999. The van der Waals surface area contributed by atoms with Gasteiger partial charge in [0, 0.05) is 27.1 Å². The van der Waals surface area contributed by atoms with Crippen LogP contribution in [0.4, 0.5) is 0 Å². The molecular formula is C24H26BrCl3N2O3. The van der Waals surface area contributed by atoms with E-state index in [0.717, 1.165) is 30.2 Å². The number of hydrogen-bond acceptors (Lipinski definition) is 3. The number of hydrogen-bond donors (Lipinski definition) is 1. The fourth-order valence-electron chi connectivity index (χ4n) is 3.80. The first kappa shape index (κ1) is 26.1. The fourth-order valence-corrected chi connectivity index (χ4v) is 5.00. The largest absolute Gasteiger partial charge is 0.482 e. The molecule has 2 aromatic rings. The molecule has 1 N–H and O–H groups in total. The molecule has 1 aliphatic carbocycles. The lowest BCUT2D eigenvalue weighted by Crippen LogP contribution is -2.51. The summed E-state index contributed by atoms with van der Waals surface area (Å²) in [7, 11) is 0. The van der Waals surface area contributed by atoms with E-state index in [4.69, 9.17) is 39.5 Å². The minimum absolute atomic E-state index is 0.141. The molecule has 0 radical (unpaired) electrons. The molecule has 178 valence electrons. The van der Waals surface area contributed by atoms with Gasteiger partial charge >= 0.3 is 0 Å². The smallest absolute Gasteiger partial charge is 0.261 e. The number of rotatable bonds is 8. The number of nitrogens with zero attached hydrogens (tertiary/aromatic N) is 1. The molecule has 1 aliphatic rings. The third-order valence-corrected chi connectivity index (χ3v) is 7.10. The summed E-state index contributed by atoms with van der Waals surface area (Å²) in [4.78, 5) is 27.7. The van der Waals surface area contributed by atoms with Crippen molar-refractivity contribution in [3.05, 3.63) is 61.5 Å². The Morgan fingerprint density at radius 2 is 1.82 bits per heavy atom. The molecule has 2 amide bonds. The van der Waals surface area contributed by atoms with Crippen LogP contribution in [0.15, 0.2) is 40.9 Å². The van der Waals surface area contributed by atoms with Crippen LogP contribution in [0.1, 0.15) is 44.6 Å². The third-order valence-electron chi connectivity index (χ3n) is 5.72. The van der Waals surface area contributed by atoms with Crippen molar-refractivity contribution in [2.75, 3.05) is 6.61 Å². The summed E-state index contributed by atoms with van der Waals surface area (Å²) < 4.78 is 6.48. The molecule has 0 unspecified atom stereocenters. The van der Waals surface area contributed by atoms with Crippen LogP contribution in [-0.2, 0) is 16.1 Å². The van der Waals surface area contributed by atoms with Gasteiger partial charge in [0.2, 0.25) is 5.91 Å². The van der Waals surface area contributed by atoms with Crippen LogP contribution >= 0.6 is 50.7 Å². The van der Waals surface area contributed by atoms with Gasteiger partial charge in [-0.1, -0.05) is 76.1 Å². The minimum Gasteiger partial charge on any atom is -0.482 e. The number of carbonyl (C=O) groups is 2. The van der Waals surface area contributed by atoms with Crippen LogP contribution in [0.5, 0.6) is 5.75 Å². The molecule has 9 heteroatoms. The number of ether oxygens (including phenoxy) is 1. The van der Waals surface area contributed by atoms with Crippen molar-refractivity contribution < 1.29 is 14.3 Å². The summed E-state index contributed by atoms with van der Waals surface area (Å²) in [5.74, 6) is -0.162. The van der Waals surface area contributed by atoms with Gasteiger partial charge in [0.05, 0.1) is 5.02 Å². The van der Waals surface area contributed by atoms with Crippen LogP contribution in [0.2, 0.25) is 15.1 Å². The molecule has 33 heavy (non-hydrogen) atoms. The van der Waals surface area contributed by atoms with Gasteiger partial charge in [0.1, 0.15) is 11.8 Å². The van der Waals surface area contributed by atoms with Crippen LogP contribution in [-0.4, -0.2) is 35.4 Å². The normalized spacial score (nSPS) is 15.1. The highest BCUT2D eigenvalue weighted by Crippen LogP contribution is 2.28. The Kier molecular flexibility index (Phi) is 9.74. The molecule has 0 bridgehead atoms. The van der Waals surface area contributed by atoms with E-state index in [1.54, 1.807) is 43.3 Å². The molecule has 0 spiro atoms. The first-order valence-corrected chi connectivity index (χ1v) is 12.8. The molecule has 1 fully saturated rings. The Labute approximate surface area is 217 Å². The first-order valence-electron chi connectivity index (χ1n) is 10.9. The molecule has 0 heterocycles. The van der Waals surface area contributed by atoms with Gasteiger partial charge in [-0.3, -0.25) is 9.59 Å². The van der Waals surface area contributed by atoms with Gasteiger partial charge in [-0.25, -0.2) is 0 Å². The molecular weight excluding hydrogens is 551 g/mol. The van der Waals surface area contributed by atoms with Crippen molar-refractivity contribution >= 4 is 62.5 Å². The highest BCUT2D eigenvalue weighted by atomic mass is 79.9. The Hall–Kier alpha value is -1.47. The number of halogens is 4. The van der Waals surface area contributed by atoms with Crippen molar-refractivity contribution in [2.45, 2.75) is 57.7 Å². The Morgan fingerprint density at radius 3 is 2.48 bits per heavy atom. The number of amides is 2. The molecule has 5 nitrogen and oxygen atoms in total. The summed E-state index contributed by atoms with van der Waals surface area (Å²) in [5.41, 5.74) is 0.688. The third kappa shape index (κ3) is 7.51. The molecule has 2 aromatic carbocycles. The van der Waals surface area contributed by atoms with E-state index in [-0.39, 0.29) is 31.0 Å². The predicted molar refractivity (Wildman–Crippen MR) is 136 cm³/mol. The molecule has 0 aromatic heterocycles. The second kappa shape index (κ2) is 12.3. The summed E-state index contributed by atoms with van der Waals surface area (Å²) in [5, 5.41) is 4.41. The fraction of sp³-hybridized carbons (Fsp3) is 0.417. The Balaban J connectivity index is 1.75. The van der Waals surface area contributed by atoms with Crippen LogP contribution in [0.25, 0.3) is 0 Å². The zero-order valence-electron chi connectivity index (χ0n) is 18.3. The van der Waals surface area contributed by atoms with E-state index in [1.165, 1.54) is 11.3 Å². The standard InChI is InChI=1S/C24H26BrCl3N2O3/c1-15(24(32)29-19-5-3-2-4-6-19)30(13-16-7-9-18(26)12-20(16)27)23(31)14-33-22-10-8-17(25)11-21(22)28/h7-12,15,19H,2-6,13-14H2,1H3,(H,29,32)/t15-/m1/s1. The van der Waals surface area contributed by atoms with Gasteiger partial charge in [-0.2, -0.15) is 0 Å². The van der Waals surface area contributed by atoms with E-state index < -0.39 is 6.04 Å². The molecule has 3 rings (SSSR count). The van der Waals surface area contributed by atoms with Gasteiger partial charge in [0.15, 0.2) is 6.61 Å². The van der Waals surface area contributed by atoms with E-state index in [0.29, 0.717) is 26.4 Å². The average Bonchev–Trinajstić information content (AvgIpc) is 2.78. The van der Waals surface area contributed by atoms with Crippen molar-refractivity contribution in [1.82, 2.24) is 10.2 Å². The summed E-state index contributed by atoms with van der Waals surface area (Å²) in [6.45, 7) is 1.59. The summed E-state index contributed by atoms with van der Waals surface area (Å²) in [6, 6.07) is 9.65. The Morgan fingerprint density at radius 1 is 1.09 bits per heavy atom. The monoisotopic (exact) mass is 574 g/mol. The highest BCUT2D eigenvalue weighted by molar-refractivity contribution is 9.10. The van der Waals surface area contributed by atoms with Crippen LogP contribution < -0.4 is 10.1 Å². The number of nitrogens with one attached hydrogen (secondary N) is 1. The molecule has 0 aliphatic heterocycles. The minimum atomic E-state index is -0.713. The van der Waals surface area contributed by atoms with Crippen LogP contribution in [0.3, 0.4) is 0 Å². The van der Waals surface area contributed by atoms with Crippen molar-refractivity contribution in [3.8, 4) is 5.75 Å². The van der Waals surface area contributed by atoms with E-state index in [2.05, 4.69) is 21.2 Å². The second-order valence-electron chi connectivity index (χ2n) is 8.14. The predicted octanol–water partition coefficient (Wildman–Crippen LogP) is 6.65. The van der Waals surface area contributed by atoms with E-state index >= 15 is 0 Å². The van der Waals surface area contributed by atoms with Crippen LogP contribution in [0, 0.1) is 0 Å². The van der Waals surface area contributed by atoms with Crippen molar-refractivity contribution in [3.63, 3.8) is 0 Å². The topological polar surface area (TPSA) is 58.6 Å². The van der Waals surface area contributed by atoms with Crippen molar-refractivity contribution in [2.24, 2.45) is 0 Å². The highest BCUT2D eigenvalue weighted by Gasteiger charge is 2.29. The maximum absolute atomic E-state index is 13.2. The van der Waals surface area contributed by atoms with Gasteiger partial charge in [-0.05, 0) is 55.7 Å². The van der Waals surface area contributed by atoms with Crippen molar-refractivity contribution in [1.29, 1.82) is 0 Å². The van der Waals surface area contributed by atoms with E-state index in [1.807, 2.05) is 0 Å². The zero-order chi connectivity index (χ0) is 24.0. The van der Waals surface area contributed by atoms with E-state index in [9.17, 15) is 9.59 Å². The first-order chi connectivity index (χ1) is 15.7.